The highest BCUT2D eigenvalue weighted by Gasteiger charge is 2.38. The second kappa shape index (κ2) is 4.04. The van der Waals surface area contributed by atoms with Crippen LogP contribution >= 0.6 is 0 Å². The topological polar surface area (TPSA) is 43.4 Å². The Kier molecular flexibility index (Phi) is 2.73. The van der Waals surface area contributed by atoms with Gasteiger partial charge in [-0.1, -0.05) is 12.1 Å². The van der Waals surface area contributed by atoms with E-state index in [2.05, 4.69) is 0 Å². The number of carbonyl (C=O) groups is 2. The maximum absolute atomic E-state index is 12.7. The van der Waals surface area contributed by atoms with E-state index in [-0.39, 0.29) is 11.6 Å². The van der Waals surface area contributed by atoms with Crippen molar-refractivity contribution < 1.29 is 18.7 Å². The predicted molar refractivity (Wildman–Crippen MR) is 54.0 cm³/mol. The van der Waals surface area contributed by atoms with E-state index in [0.717, 1.165) is 5.56 Å². The summed E-state index contributed by atoms with van der Waals surface area (Å²) in [7, 11) is 0. The first-order valence-electron chi connectivity index (χ1n) is 5.04. The van der Waals surface area contributed by atoms with Gasteiger partial charge in [0.15, 0.2) is 0 Å². The first kappa shape index (κ1) is 10.8. The van der Waals surface area contributed by atoms with Crippen LogP contribution in [-0.2, 0) is 14.3 Å². The molecule has 0 saturated carbocycles. The average Bonchev–Trinajstić information content (AvgIpc) is 2.61. The Labute approximate surface area is 92.2 Å². The third-order valence-corrected chi connectivity index (χ3v) is 2.73. The molecule has 1 aromatic carbocycles. The molecular weight excluding hydrogens is 211 g/mol. The lowest BCUT2D eigenvalue weighted by atomic mass is 9.97. The number of ether oxygens (including phenoxy) is 1. The fraction of sp³-hybridized carbons (Fsp3) is 0.333. The number of Topliss-reactive ketones (excluding diaryl/α,β-unsaturated/α-hetero) is 1. The van der Waals surface area contributed by atoms with Crippen LogP contribution in [0.5, 0.6) is 0 Å². The molecule has 0 N–H and O–H groups in total. The third-order valence-electron chi connectivity index (χ3n) is 2.73. The van der Waals surface area contributed by atoms with Crippen LogP contribution in [0.3, 0.4) is 0 Å². The van der Waals surface area contributed by atoms with Gasteiger partial charge in [0, 0.05) is 6.42 Å². The zero-order valence-electron chi connectivity index (χ0n) is 8.77. The summed E-state index contributed by atoms with van der Waals surface area (Å²) in [5.41, 5.74) is 0.721. The van der Waals surface area contributed by atoms with E-state index in [4.69, 9.17) is 4.74 Å². The Balaban J connectivity index is 2.16. The predicted octanol–water partition coefficient (Wildman–Crippen LogP) is 2.02. The van der Waals surface area contributed by atoms with Crippen molar-refractivity contribution in [2.24, 2.45) is 5.92 Å². The van der Waals surface area contributed by atoms with Crippen LogP contribution in [-0.4, -0.2) is 11.8 Å². The number of hydrogen-bond acceptors (Lipinski definition) is 3. The molecule has 0 aliphatic carbocycles. The minimum atomic E-state index is -0.671. The second-order valence-electron chi connectivity index (χ2n) is 3.88. The normalized spacial score (nSPS) is 24.2. The van der Waals surface area contributed by atoms with Gasteiger partial charge in [0.25, 0.3) is 0 Å². The molecule has 0 spiro atoms. The molecule has 0 radical (unpaired) electrons. The molecule has 0 aromatic heterocycles. The van der Waals surface area contributed by atoms with Gasteiger partial charge in [-0.05, 0) is 24.6 Å². The maximum Gasteiger partial charge on any atom is 0.317 e. The fourth-order valence-corrected chi connectivity index (χ4v) is 1.79. The Morgan fingerprint density at radius 3 is 2.50 bits per heavy atom. The molecule has 1 saturated heterocycles. The Hall–Kier alpha value is -1.71. The van der Waals surface area contributed by atoms with E-state index < -0.39 is 18.0 Å². The molecule has 1 fully saturated rings. The van der Waals surface area contributed by atoms with Crippen molar-refractivity contribution in [1.29, 1.82) is 0 Å². The molecule has 3 nitrogen and oxygen atoms in total. The van der Waals surface area contributed by atoms with Crippen LogP contribution in [0, 0.1) is 11.7 Å². The van der Waals surface area contributed by atoms with Crippen molar-refractivity contribution >= 4 is 11.8 Å². The zero-order valence-corrected chi connectivity index (χ0v) is 8.77. The lowest BCUT2D eigenvalue weighted by Gasteiger charge is -2.08. The highest BCUT2D eigenvalue weighted by Crippen LogP contribution is 2.33. The molecular formula is C12H11FO3. The van der Waals surface area contributed by atoms with Gasteiger partial charge in [0.05, 0.1) is 0 Å². The number of carbonyl (C=O) groups excluding carboxylic acids is 2. The largest absolute Gasteiger partial charge is 0.457 e. The molecule has 0 unspecified atom stereocenters. The minimum Gasteiger partial charge on any atom is -0.457 e. The van der Waals surface area contributed by atoms with E-state index in [1.54, 1.807) is 12.1 Å². The smallest absolute Gasteiger partial charge is 0.317 e. The van der Waals surface area contributed by atoms with Gasteiger partial charge in [-0.3, -0.25) is 9.59 Å². The van der Waals surface area contributed by atoms with Crippen molar-refractivity contribution in [1.82, 2.24) is 0 Å². The van der Waals surface area contributed by atoms with E-state index >= 15 is 0 Å². The molecule has 16 heavy (non-hydrogen) atoms. The van der Waals surface area contributed by atoms with E-state index in [1.165, 1.54) is 19.1 Å². The van der Waals surface area contributed by atoms with Gasteiger partial charge in [0.1, 0.15) is 23.6 Å². The van der Waals surface area contributed by atoms with Crippen LogP contribution < -0.4 is 0 Å². The summed E-state index contributed by atoms with van der Waals surface area (Å²) >= 11 is 0. The van der Waals surface area contributed by atoms with E-state index in [0.29, 0.717) is 6.42 Å². The van der Waals surface area contributed by atoms with Gasteiger partial charge in [0.2, 0.25) is 0 Å². The van der Waals surface area contributed by atoms with Crippen molar-refractivity contribution in [2.75, 3.05) is 0 Å². The van der Waals surface area contributed by atoms with Gasteiger partial charge in [-0.2, -0.15) is 0 Å². The first-order chi connectivity index (χ1) is 7.58. The summed E-state index contributed by atoms with van der Waals surface area (Å²) in [6.07, 6.45) is -0.0817. The summed E-state index contributed by atoms with van der Waals surface area (Å²) in [6.45, 7) is 1.37. The molecule has 1 aromatic rings. The highest BCUT2D eigenvalue weighted by atomic mass is 19.1. The summed E-state index contributed by atoms with van der Waals surface area (Å²) in [4.78, 5) is 22.5. The molecule has 2 rings (SSSR count). The number of benzene rings is 1. The van der Waals surface area contributed by atoms with Gasteiger partial charge in [-0.25, -0.2) is 4.39 Å². The lowest BCUT2D eigenvalue weighted by molar-refractivity contribution is -0.146. The quantitative estimate of drug-likeness (QED) is 0.568. The summed E-state index contributed by atoms with van der Waals surface area (Å²) < 4.78 is 17.8. The number of rotatable bonds is 2. The number of ketones is 1. The SMILES string of the molecule is CC(=O)[C@@H]1C[C@H](c2ccc(F)cc2)OC1=O. The molecule has 2 atom stereocenters. The number of hydrogen-bond donors (Lipinski definition) is 0. The lowest BCUT2D eigenvalue weighted by Crippen LogP contribution is -2.15. The standard InChI is InChI=1S/C12H11FO3/c1-7(14)10-6-11(16-12(10)15)8-2-4-9(13)5-3-8/h2-5,10-11H,6H2,1H3/t10-,11+/m0/s1. The van der Waals surface area contributed by atoms with Gasteiger partial charge in [-0.15, -0.1) is 0 Å². The van der Waals surface area contributed by atoms with Crippen molar-refractivity contribution in [3.05, 3.63) is 35.6 Å². The molecule has 1 aliphatic heterocycles. The zero-order chi connectivity index (χ0) is 11.7. The second-order valence-corrected chi connectivity index (χ2v) is 3.88. The van der Waals surface area contributed by atoms with Crippen LogP contribution in [0.25, 0.3) is 0 Å². The van der Waals surface area contributed by atoms with Crippen LogP contribution in [0.2, 0.25) is 0 Å². The molecule has 1 heterocycles. The molecule has 1 aliphatic rings. The number of esters is 1. The van der Waals surface area contributed by atoms with Crippen LogP contribution in [0.4, 0.5) is 4.39 Å². The maximum atomic E-state index is 12.7. The van der Waals surface area contributed by atoms with Gasteiger partial charge >= 0.3 is 5.97 Å². The average molecular weight is 222 g/mol. The molecule has 4 heteroatoms. The van der Waals surface area contributed by atoms with Crippen LogP contribution in [0.1, 0.15) is 25.0 Å². The number of halogens is 1. The summed E-state index contributed by atoms with van der Waals surface area (Å²) in [5.74, 6) is -1.68. The van der Waals surface area contributed by atoms with Crippen molar-refractivity contribution in [3.63, 3.8) is 0 Å². The monoisotopic (exact) mass is 222 g/mol. The molecule has 0 amide bonds. The minimum absolute atomic E-state index is 0.186. The first-order valence-corrected chi connectivity index (χ1v) is 5.04. The highest BCUT2D eigenvalue weighted by molar-refractivity contribution is 5.98. The Morgan fingerprint density at radius 1 is 1.38 bits per heavy atom. The van der Waals surface area contributed by atoms with Gasteiger partial charge < -0.3 is 4.74 Å². The number of cyclic esters (lactones) is 1. The molecule has 0 bridgehead atoms. The Morgan fingerprint density at radius 2 is 2.00 bits per heavy atom. The molecule has 84 valence electrons. The van der Waals surface area contributed by atoms with Crippen LogP contribution in [0.15, 0.2) is 24.3 Å². The van der Waals surface area contributed by atoms with Crippen molar-refractivity contribution in [2.45, 2.75) is 19.4 Å². The third kappa shape index (κ3) is 1.96. The Bertz CT molecular complexity index is 424. The summed E-state index contributed by atoms with van der Waals surface area (Å²) in [5, 5.41) is 0. The van der Waals surface area contributed by atoms with Crippen molar-refractivity contribution in [3.8, 4) is 0 Å². The summed E-state index contributed by atoms with van der Waals surface area (Å²) in [6, 6.07) is 5.75. The fourth-order valence-electron chi connectivity index (χ4n) is 1.79. The van der Waals surface area contributed by atoms with E-state index in [9.17, 15) is 14.0 Å². The van der Waals surface area contributed by atoms with E-state index in [1.807, 2.05) is 0 Å².